The first-order valence-electron chi connectivity index (χ1n) is 10.1. The van der Waals surface area contributed by atoms with Gasteiger partial charge in [0.2, 0.25) is 0 Å². The Kier molecular flexibility index (Phi) is 5.71. The first-order chi connectivity index (χ1) is 14.9. The summed E-state index contributed by atoms with van der Waals surface area (Å²) in [5.41, 5.74) is 0.0122. The first-order valence-corrected chi connectivity index (χ1v) is 10.1. The Morgan fingerprint density at radius 2 is 1.84 bits per heavy atom. The summed E-state index contributed by atoms with van der Waals surface area (Å²) in [6.07, 6.45) is 0.925. The zero-order chi connectivity index (χ0) is 22.0. The van der Waals surface area contributed by atoms with E-state index >= 15 is 0 Å². The number of nitrogens with zero attached hydrogens (tertiary/aromatic N) is 3. The molecule has 2 aromatic carbocycles. The van der Waals surface area contributed by atoms with E-state index in [1.54, 1.807) is 0 Å². The van der Waals surface area contributed by atoms with E-state index in [4.69, 9.17) is 4.74 Å². The Hall–Kier alpha value is -3.30. The molecule has 1 spiro atoms. The fourth-order valence-corrected chi connectivity index (χ4v) is 4.35. The lowest BCUT2D eigenvalue weighted by Crippen LogP contribution is -2.58. The smallest absolute Gasteiger partial charge is 0.328 e. The van der Waals surface area contributed by atoms with E-state index in [0.29, 0.717) is 25.9 Å². The summed E-state index contributed by atoms with van der Waals surface area (Å²) in [7, 11) is 0. The normalized spacial score (nSPS) is 20.6. The molecule has 0 saturated carbocycles. The molecule has 162 valence electrons. The second-order valence-electron chi connectivity index (χ2n) is 7.86. The van der Waals surface area contributed by atoms with Crippen molar-refractivity contribution in [2.45, 2.75) is 31.2 Å². The van der Waals surface area contributed by atoms with Crippen molar-refractivity contribution in [2.24, 2.45) is 0 Å². The van der Waals surface area contributed by atoms with Gasteiger partial charge in [0.1, 0.15) is 5.72 Å². The first kappa shape index (κ1) is 21.0. The van der Waals surface area contributed by atoms with Gasteiger partial charge in [0.25, 0.3) is 11.6 Å². The van der Waals surface area contributed by atoms with Crippen molar-refractivity contribution in [2.75, 3.05) is 19.7 Å². The van der Waals surface area contributed by atoms with Crippen LogP contribution in [0.1, 0.15) is 28.8 Å². The number of carbonyl (C=O) groups is 2. The molecule has 2 saturated heterocycles. The van der Waals surface area contributed by atoms with Crippen LogP contribution in [0.5, 0.6) is 0 Å². The number of piperidine rings is 1. The highest BCUT2D eigenvalue weighted by molar-refractivity contribution is 5.98. The van der Waals surface area contributed by atoms with Crippen molar-refractivity contribution < 1.29 is 24.4 Å². The molecule has 2 aliphatic heterocycles. The number of carboxylic acids is 1. The predicted octanol–water partition coefficient (Wildman–Crippen LogP) is 2.51. The van der Waals surface area contributed by atoms with E-state index in [2.05, 4.69) is 17.0 Å². The van der Waals surface area contributed by atoms with Gasteiger partial charge in [0.05, 0.1) is 11.5 Å². The number of nitro groups is 1. The van der Waals surface area contributed by atoms with Crippen LogP contribution in [0.15, 0.2) is 54.6 Å². The van der Waals surface area contributed by atoms with Crippen molar-refractivity contribution in [1.82, 2.24) is 9.80 Å². The highest BCUT2D eigenvalue weighted by Gasteiger charge is 2.54. The second-order valence-corrected chi connectivity index (χ2v) is 7.86. The molecule has 2 fully saturated rings. The highest BCUT2D eigenvalue weighted by atomic mass is 16.6. The second kappa shape index (κ2) is 8.44. The molecule has 2 heterocycles. The molecule has 31 heavy (non-hydrogen) atoms. The van der Waals surface area contributed by atoms with E-state index in [-0.39, 0.29) is 17.9 Å². The summed E-state index contributed by atoms with van der Waals surface area (Å²) in [5.74, 6) is -1.72. The maximum absolute atomic E-state index is 13.3. The molecule has 1 atom stereocenters. The third-order valence-electron chi connectivity index (χ3n) is 5.95. The van der Waals surface area contributed by atoms with Crippen molar-refractivity contribution in [3.8, 4) is 0 Å². The summed E-state index contributed by atoms with van der Waals surface area (Å²) < 4.78 is 5.95. The van der Waals surface area contributed by atoms with Crippen LogP contribution in [0, 0.1) is 10.1 Å². The van der Waals surface area contributed by atoms with Crippen molar-refractivity contribution in [3.63, 3.8) is 0 Å². The summed E-state index contributed by atoms with van der Waals surface area (Å²) in [6.45, 7) is 1.94. The van der Waals surface area contributed by atoms with Crippen LogP contribution >= 0.6 is 0 Å². The molecule has 4 rings (SSSR count). The Morgan fingerprint density at radius 3 is 2.48 bits per heavy atom. The number of likely N-dealkylation sites (tertiary alicyclic amines) is 1. The molecule has 0 unspecified atom stereocenters. The van der Waals surface area contributed by atoms with E-state index in [1.807, 2.05) is 18.2 Å². The van der Waals surface area contributed by atoms with Crippen LogP contribution in [0.4, 0.5) is 5.69 Å². The average Bonchev–Trinajstić information content (AvgIpc) is 3.15. The molecule has 2 aromatic rings. The van der Waals surface area contributed by atoms with E-state index in [1.165, 1.54) is 34.7 Å². The van der Waals surface area contributed by atoms with Gasteiger partial charge in [0, 0.05) is 50.2 Å². The Bertz CT molecular complexity index is 988. The van der Waals surface area contributed by atoms with Crippen LogP contribution in [0.2, 0.25) is 0 Å². The third-order valence-corrected chi connectivity index (χ3v) is 5.95. The number of nitro benzene ring substituents is 1. The molecular formula is C22H23N3O6. The predicted molar refractivity (Wildman–Crippen MR) is 110 cm³/mol. The fraction of sp³-hybridized carbons (Fsp3) is 0.364. The average molecular weight is 425 g/mol. The van der Waals surface area contributed by atoms with Gasteiger partial charge in [-0.05, 0) is 11.6 Å². The molecule has 0 bridgehead atoms. The van der Waals surface area contributed by atoms with Gasteiger partial charge in [-0.1, -0.05) is 36.4 Å². The van der Waals surface area contributed by atoms with Gasteiger partial charge in [-0.2, -0.15) is 0 Å². The lowest BCUT2D eigenvalue weighted by atomic mass is 9.96. The maximum Gasteiger partial charge on any atom is 0.328 e. The molecule has 1 amide bonds. The molecular weight excluding hydrogens is 402 g/mol. The van der Waals surface area contributed by atoms with E-state index in [9.17, 15) is 24.8 Å². The lowest BCUT2D eigenvalue weighted by molar-refractivity contribution is -0.384. The summed E-state index contributed by atoms with van der Waals surface area (Å²) in [4.78, 5) is 39.2. The number of aliphatic carboxylic acids is 1. The minimum absolute atomic E-state index is 0.0806. The number of amides is 1. The molecule has 0 aliphatic carbocycles. The number of hydrogen-bond acceptors (Lipinski definition) is 6. The van der Waals surface area contributed by atoms with Crippen molar-refractivity contribution in [3.05, 3.63) is 75.8 Å². The van der Waals surface area contributed by atoms with E-state index in [0.717, 1.165) is 6.54 Å². The van der Waals surface area contributed by atoms with Crippen LogP contribution in [-0.2, 0) is 16.1 Å². The number of non-ortho nitro benzene ring substituents is 1. The van der Waals surface area contributed by atoms with Crippen molar-refractivity contribution in [1.29, 1.82) is 0 Å². The summed E-state index contributed by atoms with van der Waals surface area (Å²) in [5, 5.41) is 20.8. The van der Waals surface area contributed by atoms with Crippen LogP contribution < -0.4 is 0 Å². The zero-order valence-corrected chi connectivity index (χ0v) is 16.8. The van der Waals surface area contributed by atoms with Gasteiger partial charge < -0.3 is 9.84 Å². The minimum Gasteiger partial charge on any atom is -0.480 e. The number of rotatable bonds is 5. The molecule has 9 nitrogen and oxygen atoms in total. The van der Waals surface area contributed by atoms with Gasteiger partial charge >= 0.3 is 5.97 Å². The lowest BCUT2D eigenvalue weighted by Gasteiger charge is -2.44. The standard InChI is InChI=1S/C22H23N3O6/c26-20(17-7-4-8-18(13-17)25(29)30)24-19(21(27)28)15-31-22(24)9-11-23(12-10-22)14-16-5-2-1-3-6-16/h1-8,13,19H,9-12,14-15H2,(H,27,28)/t19-/m0/s1. The topological polar surface area (TPSA) is 113 Å². The number of carboxylic acid groups (broad SMARTS) is 1. The third kappa shape index (κ3) is 4.14. The summed E-state index contributed by atoms with van der Waals surface area (Å²) >= 11 is 0. The van der Waals surface area contributed by atoms with Crippen LogP contribution in [0.3, 0.4) is 0 Å². The van der Waals surface area contributed by atoms with Crippen LogP contribution in [0.25, 0.3) is 0 Å². The zero-order valence-electron chi connectivity index (χ0n) is 16.8. The molecule has 2 aliphatic rings. The Morgan fingerprint density at radius 1 is 1.13 bits per heavy atom. The Balaban J connectivity index is 1.56. The molecule has 1 N–H and O–H groups in total. The van der Waals surface area contributed by atoms with Gasteiger partial charge in [-0.25, -0.2) is 4.79 Å². The minimum atomic E-state index is -1.15. The molecule has 0 aromatic heterocycles. The SMILES string of the molecule is O=C(O)[C@@H]1COC2(CCN(Cc3ccccc3)CC2)N1C(=O)c1cccc([N+](=O)[O-])c1. The Labute approximate surface area is 179 Å². The summed E-state index contributed by atoms with van der Waals surface area (Å²) in [6, 6.07) is 14.3. The number of carbonyl (C=O) groups excluding carboxylic acids is 1. The molecule has 0 radical (unpaired) electrons. The van der Waals surface area contributed by atoms with Gasteiger partial charge in [-0.15, -0.1) is 0 Å². The number of benzene rings is 2. The van der Waals surface area contributed by atoms with Crippen LogP contribution in [-0.4, -0.2) is 63.2 Å². The number of ether oxygens (including phenoxy) is 1. The van der Waals surface area contributed by atoms with Gasteiger partial charge in [0.15, 0.2) is 6.04 Å². The quantitative estimate of drug-likeness (QED) is 0.578. The van der Waals surface area contributed by atoms with Gasteiger partial charge in [-0.3, -0.25) is 24.7 Å². The maximum atomic E-state index is 13.3. The van der Waals surface area contributed by atoms with E-state index < -0.39 is 28.6 Å². The largest absolute Gasteiger partial charge is 0.480 e. The highest BCUT2D eigenvalue weighted by Crippen LogP contribution is 2.39. The number of hydrogen-bond donors (Lipinski definition) is 1. The van der Waals surface area contributed by atoms with Crippen molar-refractivity contribution >= 4 is 17.6 Å². The molecule has 9 heteroatoms. The fourth-order valence-electron chi connectivity index (χ4n) is 4.35. The monoisotopic (exact) mass is 425 g/mol.